The number of benzene rings is 2. The lowest BCUT2D eigenvalue weighted by Crippen LogP contribution is -2.22. The van der Waals surface area contributed by atoms with E-state index in [1.165, 1.54) is 0 Å². The van der Waals surface area contributed by atoms with Gasteiger partial charge in [-0.3, -0.25) is 0 Å². The Hall–Kier alpha value is -3.41. The highest BCUT2D eigenvalue weighted by atomic mass is 16.4. The van der Waals surface area contributed by atoms with Crippen molar-refractivity contribution < 1.29 is 9.90 Å². The third-order valence-corrected chi connectivity index (χ3v) is 4.55. The average Bonchev–Trinajstić information content (AvgIpc) is 3.25. The minimum absolute atomic E-state index is 0.378. The summed E-state index contributed by atoms with van der Waals surface area (Å²) in [5, 5.41) is 9.81. The van der Waals surface area contributed by atoms with E-state index >= 15 is 0 Å². The number of fused-ring (bicyclic) bond motifs is 1. The molecule has 0 spiro atoms. The second-order valence-electron chi connectivity index (χ2n) is 6.19. The van der Waals surface area contributed by atoms with Crippen molar-refractivity contribution in [3.63, 3.8) is 0 Å². The molecule has 0 saturated carbocycles. The Labute approximate surface area is 150 Å². The molecule has 1 N–H and O–H groups in total. The fraction of sp³-hybridized carbons (Fsp3) is 0.150. The minimum Gasteiger partial charge on any atom is -0.480 e. The quantitative estimate of drug-likeness (QED) is 0.602. The number of para-hydroxylation sites is 2. The Morgan fingerprint density at radius 1 is 1.08 bits per heavy atom. The van der Waals surface area contributed by atoms with E-state index < -0.39 is 12.0 Å². The lowest BCUT2D eigenvalue weighted by atomic mass is 10.1. The maximum absolute atomic E-state index is 12.0. The maximum Gasteiger partial charge on any atom is 0.327 e. The Balaban J connectivity index is 1.79. The zero-order valence-electron chi connectivity index (χ0n) is 14.3. The zero-order chi connectivity index (χ0) is 18.1. The van der Waals surface area contributed by atoms with Gasteiger partial charge in [-0.15, -0.1) is 0 Å². The molecule has 2 aromatic carbocycles. The molecule has 0 bridgehead atoms. The predicted octanol–water partition coefficient (Wildman–Crippen LogP) is 3.31. The van der Waals surface area contributed by atoms with Gasteiger partial charge in [0.2, 0.25) is 0 Å². The van der Waals surface area contributed by atoms with Gasteiger partial charge in [0.1, 0.15) is 6.04 Å². The van der Waals surface area contributed by atoms with Crippen LogP contribution in [0.25, 0.3) is 22.7 Å². The van der Waals surface area contributed by atoms with Crippen LogP contribution in [-0.4, -0.2) is 30.2 Å². The topological polar surface area (TPSA) is 72.9 Å². The lowest BCUT2D eigenvalue weighted by molar-refractivity contribution is -0.140. The number of hydrogen-bond acceptors (Lipinski definition) is 3. The first-order valence-corrected chi connectivity index (χ1v) is 8.36. The van der Waals surface area contributed by atoms with Crippen LogP contribution in [0.15, 0.2) is 67.0 Å². The van der Waals surface area contributed by atoms with Crippen molar-refractivity contribution in [2.24, 2.45) is 7.05 Å². The number of aromatic nitrogens is 4. The zero-order valence-corrected chi connectivity index (χ0v) is 14.3. The second kappa shape index (κ2) is 6.48. The highest BCUT2D eigenvalue weighted by Gasteiger charge is 2.25. The first-order valence-electron chi connectivity index (χ1n) is 8.36. The van der Waals surface area contributed by atoms with Crippen LogP contribution in [-0.2, 0) is 18.3 Å². The summed E-state index contributed by atoms with van der Waals surface area (Å²) in [5.41, 5.74) is 2.80. The van der Waals surface area contributed by atoms with E-state index in [1.807, 2.05) is 66.2 Å². The third kappa shape index (κ3) is 2.75. The van der Waals surface area contributed by atoms with E-state index in [4.69, 9.17) is 0 Å². The average molecular weight is 346 g/mol. The van der Waals surface area contributed by atoms with Gasteiger partial charge in [-0.1, -0.05) is 42.5 Å². The largest absolute Gasteiger partial charge is 0.480 e. The van der Waals surface area contributed by atoms with Crippen LogP contribution in [0.4, 0.5) is 0 Å². The van der Waals surface area contributed by atoms with Gasteiger partial charge in [0.15, 0.2) is 11.6 Å². The molecule has 0 aliphatic rings. The van der Waals surface area contributed by atoms with E-state index in [2.05, 4.69) is 9.97 Å². The van der Waals surface area contributed by atoms with Crippen LogP contribution in [0.1, 0.15) is 11.6 Å². The molecular weight excluding hydrogens is 328 g/mol. The number of imidazole rings is 2. The molecule has 4 aromatic rings. The number of hydrogen-bond donors (Lipinski definition) is 1. The van der Waals surface area contributed by atoms with Gasteiger partial charge in [0.05, 0.1) is 11.0 Å². The number of rotatable bonds is 5. The summed E-state index contributed by atoms with van der Waals surface area (Å²) < 4.78 is 3.63. The summed E-state index contributed by atoms with van der Waals surface area (Å²) >= 11 is 0. The smallest absolute Gasteiger partial charge is 0.327 e. The number of nitrogens with zero attached hydrogens (tertiary/aromatic N) is 4. The number of carboxylic acids is 1. The molecule has 0 aliphatic carbocycles. The van der Waals surface area contributed by atoms with Gasteiger partial charge >= 0.3 is 5.97 Å². The monoisotopic (exact) mass is 346 g/mol. The van der Waals surface area contributed by atoms with Crippen LogP contribution in [0.3, 0.4) is 0 Å². The van der Waals surface area contributed by atoms with E-state index in [9.17, 15) is 9.90 Å². The number of carbonyl (C=O) groups is 1. The summed E-state index contributed by atoms with van der Waals surface area (Å²) in [5.74, 6) is 0.300. The number of aryl methyl sites for hydroxylation is 1. The normalized spacial score (nSPS) is 12.3. The first kappa shape index (κ1) is 16.1. The Morgan fingerprint density at radius 2 is 1.81 bits per heavy atom. The Bertz CT molecular complexity index is 1070. The van der Waals surface area contributed by atoms with E-state index in [0.29, 0.717) is 18.1 Å². The SMILES string of the molecule is Cn1c(-c2nccn2[C@H](Cc2ccccc2)C(=O)O)nc2ccccc21. The molecule has 4 rings (SSSR count). The van der Waals surface area contributed by atoms with Gasteiger partial charge < -0.3 is 14.2 Å². The maximum atomic E-state index is 12.0. The van der Waals surface area contributed by atoms with Crippen LogP contribution in [0, 0.1) is 0 Å². The molecule has 6 nitrogen and oxygen atoms in total. The standard InChI is InChI=1S/C20H18N4O2/c1-23-16-10-6-5-9-15(16)22-19(23)18-21-11-12-24(18)17(20(25)26)13-14-7-3-2-4-8-14/h2-12,17H,13H2,1H3,(H,25,26)/t17-/m1/s1. The molecule has 0 aliphatic heterocycles. The third-order valence-electron chi connectivity index (χ3n) is 4.55. The van der Waals surface area contributed by atoms with Crippen LogP contribution < -0.4 is 0 Å². The molecule has 1 atom stereocenters. The van der Waals surface area contributed by atoms with E-state index in [1.54, 1.807) is 17.0 Å². The number of aliphatic carboxylic acids is 1. The summed E-state index contributed by atoms with van der Waals surface area (Å²) in [7, 11) is 1.91. The Kier molecular flexibility index (Phi) is 4.01. The fourth-order valence-corrected chi connectivity index (χ4v) is 3.23. The van der Waals surface area contributed by atoms with Crippen molar-refractivity contribution in [2.75, 3.05) is 0 Å². The van der Waals surface area contributed by atoms with Crippen molar-refractivity contribution in [3.05, 3.63) is 72.6 Å². The van der Waals surface area contributed by atoms with Gasteiger partial charge in [0.25, 0.3) is 0 Å². The van der Waals surface area contributed by atoms with Crippen molar-refractivity contribution in [3.8, 4) is 11.6 Å². The van der Waals surface area contributed by atoms with Crippen molar-refractivity contribution in [1.82, 2.24) is 19.1 Å². The molecule has 0 unspecified atom stereocenters. The highest BCUT2D eigenvalue weighted by molar-refractivity contribution is 5.80. The summed E-state index contributed by atoms with van der Waals surface area (Å²) in [6, 6.07) is 16.7. The van der Waals surface area contributed by atoms with Crippen LogP contribution in [0.2, 0.25) is 0 Å². The van der Waals surface area contributed by atoms with Gasteiger partial charge in [0, 0.05) is 25.9 Å². The van der Waals surface area contributed by atoms with Crippen molar-refractivity contribution >= 4 is 17.0 Å². The molecule has 0 amide bonds. The Morgan fingerprint density at radius 3 is 2.54 bits per heavy atom. The summed E-state index contributed by atoms with van der Waals surface area (Å²) in [4.78, 5) is 21.0. The second-order valence-corrected chi connectivity index (χ2v) is 6.19. The molecule has 2 aromatic heterocycles. The lowest BCUT2D eigenvalue weighted by Gasteiger charge is -2.17. The van der Waals surface area contributed by atoms with Gasteiger partial charge in [-0.05, 0) is 17.7 Å². The minimum atomic E-state index is -0.896. The highest BCUT2D eigenvalue weighted by Crippen LogP contribution is 2.26. The van der Waals surface area contributed by atoms with Crippen molar-refractivity contribution in [2.45, 2.75) is 12.5 Å². The predicted molar refractivity (Wildman–Crippen MR) is 98.8 cm³/mol. The molecule has 2 heterocycles. The van der Waals surface area contributed by atoms with Crippen LogP contribution in [0.5, 0.6) is 0 Å². The molecule has 26 heavy (non-hydrogen) atoms. The summed E-state index contributed by atoms with van der Waals surface area (Å²) in [6.07, 6.45) is 3.70. The first-order chi connectivity index (χ1) is 12.6. The van der Waals surface area contributed by atoms with E-state index in [0.717, 1.165) is 16.6 Å². The number of carboxylic acid groups (broad SMARTS) is 1. The molecule has 0 saturated heterocycles. The molecule has 0 radical (unpaired) electrons. The molecule has 6 heteroatoms. The van der Waals surface area contributed by atoms with Gasteiger partial charge in [-0.25, -0.2) is 14.8 Å². The molecular formula is C20H18N4O2. The van der Waals surface area contributed by atoms with Crippen molar-refractivity contribution in [1.29, 1.82) is 0 Å². The van der Waals surface area contributed by atoms with E-state index in [-0.39, 0.29) is 0 Å². The summed E-state index contributed by atoms with van der Waals surface area (Å²) in [6.45, 7) is 0. The molecule has 130 valence electrons. The van der Waals surface area contributed by atoms with Gasteiger partial charge in [-0.2, -0.15) is 0 Å². The molecule has 0 fully saturated rings. The van der Waals surface area contributed by atoms with Crippen LogP contribution >= 0.6 is 0 Å². The fourth-order valence-electron chi connectivity index (χ4n) is 3.23.